The van der Waals surface area contributed by atoms with E-state index in [1.807, 2.05) is 11.8 Å². The van der Waals surface area contributed by atoms with Crippen LogP contribution in [0.1, 0.15) is 32.6 Å². The van der Waals surface area contributed by atoms with E-state index in [0.717, 1.165) is 18.1 Å². The molecule has 2 bridgehead atoms. The SMILES string of the molecule is CSCC(C)N1C2CCC1CC(N)C2. The van der Waals surface area contributed by atoms with Crippen LogP contribution in [0, 0.1) is 0 Å². The Bertz CT molecular complexity index is 184. The third-order valence-electron chi connectivity index (χ3n) is 3.74. The Labute approximate surface area is 91.6 Å². The van der Waals surface area contributed by atoms with Gasteiger partial charge >= 0.3 is 0 Å². The van der Waals surface area contributed by atoms with Crippen LogP contribution in [0.15, 0.2) is 0 Å². The van der Waals surface area contributed by atoms with Crippen LogP contribution in [-0.4, -0.2) is 41.1 Å². The normalized spacial score (nSPS) is 40.1. The van der Waals surface area contributed by atoms with Gasteiger partial charge < -0.3 is 5.73 Å². The summed E-state index contributed by atoms with van der Waals surface area (Å²) in [7, 11) is 0. The van der Waals surface area contributed by atoms with Crippen LogP contribution < -0.4 is 5.73 Å². The van der Waals surface area contributed by atoms with Gasteiger partial charge in [0.15, 0.2) is 0 Å². The fraction of sp³-hybridized carbons (Fsp3) is 1.00. The highest BCUT2D eigenvalue weighted by molar-refractivity contribution is 7.98. The molecule has 0 spiro atoms. The summed E-state index contributed by atoms with van der Waals surface area (Å²) in [5.74, 6) is 1.27. The molecule has 3 unspecified atom stereocenters. The van der Waals surface area contributed by atoms with Gasteiger partial charge in [0, 0.05) is 29.9 Å². The average molecular weight is 214 g/mol. The van der Waals surface area contributed by atoms with Gasteiger partial charge in [-0.3, -0.25) is 4.90 Å². The zero-order valence-corrected chi connectivity index (χ0v) is 10.1. The molecular formula is C11H22N2S. The van der Waals surface area contributed by atoms with Crippen LogP contribution in [-0.2, 0) is 0 Å². The lowest BCUT2D eigenvalue weighted by Crippen LogP contribution is -2.51. The second kappa shape index (κ2) is 4.42. The molecule has 2 rings (SSSR count). The summed E-state index contributed by atoms with van der Waals surface area (Å²) in [5.41, 5.74) is 6.06. The molecule has 2 N–H and O–H groups in total. The lowest BCUT2D eigenvalue weighted by molar-refractivity contribution is 0.0958. The molecule has 0 radical (unpaired) electrons. The van der Waals surface area contributed by atoms with Gasteiger partial charge in [-0.25, -0.2) is 0 Å². The Hall–Kier alpha value is 0.270. The van der Waals surface area contributed by atoms with E-state index in [0.29, 0.717) is 6.04 Å². The van der Waals surface area contributed by atoms with Crippen LogP contribution in [0.4, 0.5) is 0 Å². The summed E-state index contributed by atoms with van der Waals surface area (Å²) in [5, 5.41) is 0. The maximum absolute atomic E-state index is 6.06. The highest BCUT2D eigenvalue weighted by Crippen LogP contribution is 2.36. The number of nitrogens with zero attached hydrogens (tertiary/aromatic N) is 1. The molecule has 0 aliphatic carbocycles. The molecule has 2 fully saturated rings. The molecule has 82 valence electrons. The summed E-state index contributed by atoms with van der Waals surface area (Å²) in [4.78, 5) is 2.75. The second-order valence-corrected chi connectivity index (χ2v) is 5.78. The average Bonchev–Trinajstić information content (AvgIpc) is 2.39. The zero-order chi connectivity index (χ0) is 10.1. The highest BCUT2D eigenvalue weighted by atomic mass is 32.2. The van der Waals surface area contributed by atoms with Crippen molar-refractivity contribution in [2.75, 3.05) is 12.0 Å². The van der Waals surface area contributed by atoms with Gasteiger partial charge in [-0.1, -0.05) is 0 Å². The van der Waals surface area contributed by atoms with Gasteiger partial charge in [0.2, 0.25) is 0 Å². The highest BCUT2D eigenvalue weighted by Gasteiger charge is 2.41. The summed E-state index contributed by atoms with van der Waals surface area (Å²) in [6, 6.07) is 2.82. The van der Waals surface area contributed by atoms with E-state index in [1.165, 1.54) is 31.4 Å². The first-order valence-electron chi connectivity index (χ1n) is 5.74. The van der Waals surface area contributed by atoms with Crippen LogP contribution in [0.5, 0.6) is 0 Å². The summed E-state index contributed by atoms with van der Waals surface area (Å²) < 4.78 is 0. The molecule has 0 amide bonds. The van der Waals surface area contributed by atoms with Crippen LogP contribution in [0.3, 0.4) is 0 Å². The van der Waals surface area contributed by atoms with E-state index in [4.69, 9.17) is 5.73 Å². The van der Waals surface area contributed by atoms with E-state index >= 15 is 0 Å². The number of hydrogen-bond acceptors (Lipinski definition) is 3. The van der Waals surface area contributed by atoms with Gasteiger partial charge in [-0.05, 0) is 38.9 Å². The van der Waals surface area contributed by atoms with E-state index < -0.39 is 0 Å². The lowest BCUT2D eigenvalue weighted by Gasteiger charge is -2.41. The van der Waals surface area contributed by atoms with Crippen molar-refractivity contribution in [3.63, 3.8) is 0 Å². The topological polar surface area (TPSA) is 29.3 Å². The quantitative estimate of drug-likeness (QED) is 0.775. The Balaban J connectivity index is 1.99. The first kappa shape index (κ1) is 10.8. The predicted molar refractivity (Wildman–Crippen MR) is 63.7 cm³/mol. The number of hydrogen-bond donors (Lipinski definition) is 1. The smallest absolute Gasteiger partial charge is 0.0163 e. The third kappa shape index (κ3) is 1.95. The first-order valence-corrected chi connectivity index (χ1v) is 7.13. The van der Waals surface area contributed by atoms with Crippen molar-refractivity contribution in [2.24, 2.45) is 5.73 Å². The summed E-state index contributed by atoms with van der Waals surface area (Å²) in [6.07, 6.45) is 7.44. The minimum atomic E-state index is 0.477. The van der Waals surface area contributed by atoms with Crippen molar-refractivity contribution < 1.29 is 0 Å². The molecule has 2 aliphatic heterocycles. The molecule has 0 saturated carbocycles. The third-order valence-corrected chi connectivity index (χ3v) is 4.56. The van der Waals surface area contributed by atoms with Crippen LogP contribution >= 0.6 is 11.8 Å². The Morgan fingerprint density at radius 3 is 2.43 bits per heavy atom. The van der Waals surface area contributed by atoms with E-state index in [2.05, 4.69) is 18.1 Å². The van der Waals surface area contributed by atoms with Crippen molar-refractivity contribution in [2.45, 2.75) is 56.8 Å². The number of fused-ring (bicyclic) bond motifs is 2. The van der Waals surface area contributed by atoms with Crippen molar-refractivity contribution in [1.82, 2.24) is 4.90 Å². The molecule has 2 nitrogen and oxygen atoms in total. The number of rotatable bonds is 3. The van der Waals surface area contributed by atoms with Gasteiger partial charge in [0.1, 0.15) is 0 Å². The minimum absolute atomic E-state index is 0.477. The van der Waals surface area contributed by atoms with Crippen molar-refractivity contribution in [3.8, 4) is 0 Å². The monoisotopic (exact) mass is 214 g/mol. The van der Waals surface area contributed by atoms with Crippen molar-refractivity contribution in [3.05, 3.63) is 0 Å². The van der Waals surface area contributed by atoms with Gasteiger partial charge in [-0.15, -0.1) is 0 Å². The molecule has 2 aliphatic rings. The van der Waals surface area contributed by atoms with Gasteiger partial charge in [0.05, 0.1) is 0 Å². The van der Waals surface area contributed by atoms with E-state index in [-0.39, 0.29) is 0 Å². The number of piperidine rings is 1. The first-order chi connectivity index (χ1) is 6.72. The molecule has 0 aromatic rings. The molecule has 2 heterocycles. The fourth-order valence-corrected chi connectivity index (χ4v) is 3.96. The van der Waals surface area contributed by atoms with Crippen molar-refractivity contribution in [1.29, 1.82) is 0 Å². The Kier molecular flexibility index (Phi) is 3.40. The number of thioether (sulfide) groups is 1. The minimum Gasteiger partial charge on any atom is -0.328 e. The van der Waals surface area contributed by atoms with E-state index in [1.54, 1.807) is 0 Å². The van der Waals surface area contributed by atoms with Crippen LogP contribution in [0.2, 0.25) is 0 Å². The molecule has 2 saturated heterocycles. The van der Waals surface area contributed by atoms with Crippen molar-refractivity contribution >= 4 is 11.8 Å². The lowest BCUT2D eigenvalue weighted by atomic mass is 9.97. The largest absolute Gasteiger partial charge is 0.328 e. The standard InChI is InChI=1S/C11H22N2S/c1-8(7-14-2)13-10-3-4-11(13)6-9(12)5-10/h8-11H,3-7,12H2,1-2H3. The molecule has 3 heteroatoms. The predicted octanol–water partition coefficient (Wildman–Crippen LogP) is 1.69. The van der Waals surface area contributed by atoms with Gasteiger partial charge in [0.25, 0.3) is 0 Å². The molecule has 3 atom stereocenters. The number of nitrogens with two attached hydrogens (primary N) is 1. The maximum Gasteiger partial charge on any atom is 0.0163 e. The molecule has 0 aromatic heterocycles. The van der Waals surface area contributed by atoms with Crippen LogP contribution in [0.25, 0.3) is 0 Å². The molecular weight excluding hydrogens is 192 g/mol. The summed E-state index contributed by atoms with van der Waals surface area (Å²) >= 11 is 1.96. The molecule has 14 heavy (non-hydrogen) atoms. The van der Waals surface area contributed by atoms with Gasteiger partial charge in [-0.2, -0.15) is 11.8 Å². The second-order valence-electron chi connectivity index (χ2n) is 4.87. The Morgan fingerprint density at radius 2 is 1.93 bits per heavy atom. The maximum atomic E-state index is 6.06. The summed E-state index contributed by atoms with van der Waals surface area (Å²) in [6.45, 7) is 2.37. The van der Waals surface area contributed by atoms with E-state index in [9.17, 15) is 0 Å². The fourth-order valence-electron chi connectivity index (χ4n) is 3.30. The molecule has 0 aromatic carbocycles. The zero-order valence-electron chi connectivity index (χ0n) is 9.28. The Morgan fingerprint density at radius 1 is 1.36 bits per heavy atom.